The lowest BCUT2D eigenvalue weighted by Crippen LogP contribution is -2.38. The van der Waals surface area contributed by atoms with Gasteiger partial charge in [0.1, 0.15) is 0 Å². The Morgan fingerprint density at radius 1 is 0.957 bits per heavy atom. The van der Waals surface area contributed by atoms with Gasteiger partial charge in [0, 0.05) is 26.2 Å². The largest absolute Gasteiger partial charge is 0.453 e. The van der Waals surface area contributed by atoms with Gasteiger partial charge in [0.2, 0.25) is 5.91 Å². The molecular formula is C18H26N2O3. The average Bonchev–Trinajstić information content (AvgIpc) is 2.77. The zero-order valence-electron chi connectivity index (χ0n) is 14.5. The Morgan fingerprint density at radius 2 is 1.57 bits per heavy atom. The highest BCUT2D eigenvalue weighted by molar-refractivity contribution is 5.79. The van der Waals surface area contributed by atoms with Gasteiger partial charge in [-0.05, 0) is 49.4 Å². The summed E-state index contributed by atoms with van der Waals surface area (Å²) in [4.78, 5) is 27.7. The van der Waals surface area contributed by atoms with Crippen LogP contribution in [0.15, 0.2) is 12.1 Å². The third-order valence-corrected chi connectivity index (χ3v) is 4.58. The normalized spacial score (nSPS) is 15.3. The number of rotatable bonds is 2. The van der Waals surface area contributed by atoms with Crippen LogP contribution in [0.3, 0.4) is 0 Å². The molecule has 0 bridgehead atoms. The fourth-order valence-electron chi connectivity index (χ4n) is 2.96. The Morgan fingerprint density at radius 3 is 2.26 bits per heavy atom. The summed E-state index contributed by atoms with van der Waals surface area (Å²) >= 11 is 0. The molecule has 0 unspecified atom stereocenters. The van der Waals surface area contributed by atoms with Gasteiger partial charge in [-0.25, -0.2) is 4.79 Å². The van der Waals surface area contributed by atoms with Crippen LogP contribution in [-0.4, -0.2) is 55.1 Å². The number of aryl methyl sites for hydroxylation is 3. The van der Waals surface area contributed by atoms with E-state index < -0.39 is 0 Å². The van der Waals surface area contributed by atoms with Gasteiger partial charge in [-0.15, -0.1) is 0 Å². The van der Waals surface area contributed by atoms with Crippen LogP contribution >= 0.6 is 0 Å². The second-order valence-corrected chi connectivity index (χ2v) is 6.23. The molecule has 1 aromatic rings. The molecule has 1 heterocycles. The molecule has 1 saturated heterocycles. The first-order chi connectivity index (χ1) is 10.9. The number of ether oxygens (including phenoxy) is 1. The van der Waals surface area contributed by atoms with Crippen LogP contribution in [0.25, 0.3) is 0 Å². The molecule has 1 aliphatic rings. The summed E-state index contributed by atoms with van der Waals surface area (Å²) in [7, 11) is 1.39. The minimum Gasteiger partial charge on any atom is -0.453 e. The van der Waals surface area contributed by atoms with E-state index in [0.29, 0.717) is 32.6 Å². The molecule has 0 radical (unpaired) electrons. The Kier molecular flexibility index (Phi) is 5.64. The van der Waals surface area contributed by atoms with Crippen LogP contribution in [0.4, 0.5) is 4.79 Å². The van der Waals surface area contributed by atoms with Crippen LogP contribution in [0.1, 0.15) is 28.7 Å². The average molecular weight is 318 g/mol. The molecular weight excluding hydrogens is 292 g/mol. The topological polar surface area (TPSA) is 49.9 Å². The molecule has 1 aromatic carbocycles. The third kappa shape index (κ3) is 4.24. The molecule has 0 N–H and O–H groups in total. The molecule has 0 spiro atoms. The lowest BCUT2D eigenvalue weighted by molar-refractivity contribution is -0.130. The summed E-state index contributed by atoms with van der Waals surface area (Å²) in [5.41, 5.74) is 4.72. The van der Waals surface area contributed by atoms with Crippen molar-refractivity contribution < 1.29 is 14.3 Å². The van der Waals surface area contributed by atoms with E-state index in [1.54, 1.807) is 4.90 Å². The number of nitrogens with zero attached hydrogens (tertiary/aromatic N) is 2. The lowest BCUT2D eigenvalue weighted by Gasteiger charge is -2.22. The highest BCUT2D eigenvalue weighted by Gasteiger charge is 2.22. The Bertz CT molecular complexity index is 598. The molecule has 5 nitrogen and oxygen atoms in total. The first-order valence-electron chi connectivity index (χ1n) is 8.09. The van der Waals surface area contributed by atoms with E-state index in [1.807, 2.05) is 4.90 Å². The van der Waals surface area contributed by atoms with Crippen molar-refractivity contribution in [3.05, 3.63) is 34.4 Å². The van der Waals surface area contributed by atoms with Crippen LogP contribution in [-0.2, 0) is 16.0 Å². The lowest BCUT2D eigenvalue weighted by atomic mass is 9.98. The van der Waals surface area contributed by atoms with Gasteiger partial charge >= 0.3 is 6.09 Å². The van der Waals surface area contributed by atoms with E-state index in [2.05, 4.69) is 32.9 Å². The summed E-state index contributed by atoms with van der Waals surface area (Å²) in [6.07, 6.45) is 0.891. The first-order valence-corrected chi connectivity index (χ1v) is 8.09. The van der Waals surface area contributed by atoms with Crippen molar-refractivity contribution >= 4 is 12.0 Å². The van der Waals surface area contributed by atoms with E-state index in [9.17, 15) is 9.59 Å². The second-order valence-electron chi connectivity index (χ2n) is 6.23. The number of carbonyl (C=O) groups is 2. The Hall–Kier alpha value is -2.04. The van der Waals surface area contributed by atoms with Crippen molar-refractivity contribution in [1.82, 2.24) is 9.80 Å². The van der Waals surface area contributed by atoms with Crippen molar-refractivity contribution in [1.29, 1.82) is 0 Å². The molecule has 126 valence electrons. The molecule has 2 amide bonds. The van der Waals surface area contributed by atoms with Gasteiger partial charge < -0.3 is 14.5 Å². The molecule has 2 rings (SSSR count). The van der Waals surface area contributed by atoms with E-state index >= 15 is 0 Å². The van der Waals surface area contributed by atoms with Crippen molar-refractivity contribution in [3.63, 3.8) is 0 Å². The van der Waals surface area contributed by atoms with Crippen molar-refractivity contribution in [3.8, 4) is 0 Å². The SMILES string of the molecule is COC(=O)N1CCCN(C(=O)Cc2cc(C)c(C)cc2C)CC1. The summed E-state index contributed by atoms with van der Waals surface area (Å²) in [6.45, 7) is 8.64. The summed E-state index contributed by atoms with van der Waals surface area (Å²) < 4.78 is 4.76. The van der Waals surface area contributed by atoms with Gasteiger partial charge in [0.25, 0.3) is 0 Å². The van der Waals surface area contributed by atoms with E-state index in [0.717, 1.165) is 17.5 Å². The number of hydrogen-bond acceptors (Lipinski definition) is 3. The van der Waals surface area contributed by atoms with Crippen molar-refractivity contribution in [2.24, 2.45) is 0 Å². The maximum atomic E-state index is 12.6. The molecule has 1 fully saturated rings. The van der Waals surface area contributed by atoms with Gasteiger partial charge in [0.15, 0.2) is 0 Å². The van der Waals surface area contributed by atoms with Crippen molar-refractivity contribution in [2.75, 3.05) is 33.3 Å². The molecule has 23 heavy (non-hydrogen) atoms. The monoisotopic (exact) mass is 318 g/mol. The fraction of sp³-hybridized carbons (Fsp3) is 0.556. The van der Waals surface area contributed by atoms with E-state index in [-0.39, 0.29) is 12.0 Å². The van der Waals surface area contributed by atoms with Crippen LogP contribution in [0, 0.1) is 20.8 Å². The third-order valence-electron chi connectivity index (χ3n) is 4.58. The van der Waals surface area contributed by atoms with Crippen LogP contribution in [0.5, 0.6) is 0 Å². The predicted molar refractivity (Wildman–Crippen MR) is 89.5 cm³/mol. The summed E-state index contributed by atoms with van der Waals surface area (Å²) in [5.74, 6) is 0.128. The number of benzene rings is 1. The quantitative estimate of drug-likeness (QED) is 0.841. The van der Waals surface area contributed by atoms with E-state index in [1.165, 1.54) is 18.2 Å². The summed E-state index contributed by atoms with van der Waals surface area (Å²) in [6, 6.07) is 4.25. The maximum absolute atomic E-state index is 12.6. The van der Waals surface area contributed by atoms with Crippen LogP contribution in [0.2, 0.25) is 0 Å². The highest BCUT2D eigenvalue weighted by atomic mass is 16.5. The molecule has 0 atom stereocenters. The fourth-order valence-corrected chi connectivity index (χ4v) is 2.96. The predicted octanol–water partition coefficient (Wildman–Crippen LogP) is 2.46. The number of methoxy groups -OCH3 is 1. The standard InChI is InChI=1S/C18H26N2O3/c1-13-10-15(3)16(11-14(13)2)12-17(21)19-6-5-7-20(9-8-19)18(22)23-4/h10-11H,5-9,12H2,1-4H3. The zero-order chi connectivity index (χ0) is 17.0. The molecule has 0 aromatic heterocycles. The molecule has 1 aliphatic heterocycles. The smallest absolute Gasteiger partial charge is 0.409 e. The van der Waals surface area contributed by atoms with Gasteiger partial charge in [-0.2, -0.15) is 0 Å². The molecule has 0 aliphatic carbocycles. The number of hydrogen-bond donors (Lipinski definition) is 0. The molecule has 5 heteroatoms. The van der Waals surface area contributed by atoms with Crippen molar-refractivity contribution in [2.45, 2.75) is 33.6 Å². The number of amides is 2. The van der Waals surface area contributed by atoms with Gasteiger partial charge in [-0.1, -0.05) is 12.1 Å². The second kappa shape index (κ2) is 7.49. The zero-order valence-corrected chi connectivity index (χ0v) is 14.5. The Balaban J connectivity index is 2.01. The highest BCUT2D eigenvalue weighted by Crippen LogP contribution is 2.17. The minimum absolute atomic E-state index is 0.128. The maximum Gasteiger partial charge on any atom is 0.409 e. The minimum atomic E-state index is -0.315. The van der Waals surface area contributed by atoms with Gasteiger partial charge in [-0.3, -0.25) is 4.79 Å². The van der Waals surface area contributed by atoms with Gasteiger partial charge in [0.05, 0.1) is 13.5 Å². The van der Waals surface area contributed by atoms with Crippen LogP contribution < -0.4 is 0 Å². The molecule has 0 saturated carbocycles. The first kappa shape index (κ1) is 17.3. The Labute approximate surface area is 138 Å². The van der Waals surface area contributed by atoms with E-state index in [4.69, 9.17) is 4.74 Å². The summed E-state index contributed by atoms with van der Waals surface area (Å²) in [5, 5.41) is 0. The number of carbonyl (C=O) groups excluding carboxylic acids is 2.